The zero-order valence-corrected chi connectivity index (χ0v) is 21.0. The number of guanidine groups is 1. The first-order valence-electron chi connectivity index (χ1n) is 11.3. The molecule has 9 nitrogen and oxygen atoms in total. The highest BCUT2D eigenvalue weighted by atomic mass is 127. The van der Waals surface area contributed by atoms with Gasteiger partial charge in [0.15, 0.2) is 5.96 Å². The Morgan fingerprint density at radius 2 is 1.69 bits per heavy atom. The van der Waals surface area contributed by atoms with Crippen molar-refractivity contribution in [1.29, 1.82) is 0 Å². The first-order chi connectivity index (χ1) is 15.0. The molecule has 1 aromatic carbocycles. The molecule has 1 saturated heterocycles. The number of benzene rings is 1. The van der Waals surface area contributed by atoms with Crippen molar-refractivity contribution in [2.45, 2.75) is 70.5 Å². The Bertz CT molecular complexity index is 760. The average molecular weight is 559 g/mol. The summed E-state index contributed by atoms with van der Waals surface area (Å²) in [5.74, 6) is 0.778. The number of nitrogens with one attached hydrogen (secondary N) is 2. The van der Waals surface area contributed by atoms with Crippen LogP contribution >= 0.6 is 24.0 Å². The smallest absolute Gasteiger partial charge is 0.409 e. The molecule has 0 aromatic heterocycles. The van der Waals surface area contributed by atoms with Crippen LogP contribution in [0.2, 0.25) is 0 Å². The first kappa shape index (κ1) is 26.1. The van der Waals surface area contributed by atoms with E-state index >= 15 is 0 Å². The van der Waals surface area contributed by atoms with Gasteiger partial charge in [0.05, 0.1) is 18.1 Å². The highest BCUT2D eigenvalue weighted by molar-refractivity contribution is 14.0. The SMILES string of the molecule is CCOC(=O)N1CCC(NC(=NCc2ccc([N+](=O)[O-])cc2)NC2CCCCC2)CC1.I. The van der Waals surface area contributed by atoms with Gasteiger partial charge >= 0.3 is 6.09 Å². The summed E-state index contributed by atoms with van der Waals surface area (Å²) in [6.07, 6.45) is 7.44. The highest BCUT2D eigenvalue weighted by Gasteiger charge is 2.25. The maximum absolute atomic E-state index is 11.9. The van der Waals surface area contributed by atoms with Crippen LogP contribution in [0.1, 0.15) is 57.4 Å². The van der Waals surface area contributed by atoms with Crippen molar-refractivity contribution in [3.63, 3.8) is 0 Å². The quantitative estimate of drug-likeness (QED) is 0.178. The van der Waals surface area contributed by atoms with Crippen LogP contribution in [0, 0.1) is 10.1 Å². The summed E-state index contributed by atoms with van der Waals surface area (Å²) in [7, 11) is 0. The van der Waals surface area contributed by atoms with Crippen LogP contribution in [0.25, 0.3) is 0 Å². The second-order valence-electron chi connectivity index (χ2n) is 8.17. The summed E-state index contributed by atoms with van der Waals surface area (Å²) in [4.78, 5) is 28.9. The molecule has 3 rings (SSSR count). The number of nitro benzene ring substituents is 1. The molecular formula is C22H34IN5O4. The summed E-state index contributed by atoms with van der Waals surface area (Å²) in [6, 6.07) is 7.17. The molecule has 1 saturated carbocycles. The number of carbonyl (C=O) groups excluding carboxylic acids is 1. The molecule has 2 N–H and O–H groups in total. The summed E-state index contributed by atoms with van der Waals surface area (Å²) < 4.78 is 5.10. The lowest BCUT2D eigenvalue weighted by atomic mass is 9.95. The number of nitro groups is 1. The van der Waals surface area contributed by atoms with E-state index in [1.165, 1.54) is 31.4 Å². The van der Waals surface area contributed by atoms with Crippen LogP contribution in [0.15, 0.2) is 29.3 Å². The van der Waals surface area contributed by atoms with Gasteiger partial charge in [-0.1, -0.05) is 31.4 Å². The van der Waals surface area contributed by atoms with E-state index < -0.39 is 4.92 Å². The molecule has 0 bridgehead atoms. The predicted octanol–water partition coefficient (Wildman–Crippen LogP) is 4.20. The minimum Gasteiger partial charge on any atom is -0.450 e. The third-order valence-corrected chi connectivity index (χ3v) is 5.87. The number of hydrogen-bond acceptors (Lipinski definition) is 5. The average Bonchev–Trinajstić information content (AvgIpc) is 2.79. The fraction of sp³-hybridized carbons (Fsp3) is 0.636. The number of non-ortho nitro benzene ring substituents is 1. The number of hydrogen-bond donors (Lipinski definition) is 2. The Balaban J connectivity index is 0.00000363. The summed E-state index contributed by atoms with van der Waals surface area (Å²) in [5, 5.41) is 18.0. The van der Waals surface area contributed by atoms with Gasteiger partial charge < -0.3 is 20.3 Å². The van der Waals surface area contributed by atoms with Gasteiger partial charge in [0.2, 0.25) is 0 Å². The van der Waals surface area contributed by atoms with E-state index in [-0.39, 0.29) is 41.8 Å². The van der Waals surface area contributed by atoms with Crippen molar-refractivity contribution in [3.8, 4) is 0 Å². The normalized spacial score (nSPS) is 17.9. The standard InChI is InChI=1S/C22H33N5O4.HI/c1-2-31-22(28)26-14-12-19(13-15-26)25-21(24-18-6-4-3-5-7-18)23-16-17-8-10-20(11-9-17)27(29)30;/h8-11,18-19H,2-7,12-16H2,1H3,(H2,23,24,25);1H. The van der Waals surface area contributed by atoms with E-state index in [2.05, 4.69) is 10.6 Å². The van der Waals surface area contributed by atoms with Crippen LogP contribution in [0.3, 0.4) is 0 Å². The van der Waals surface area contributed by atoms with Crippen molar-refractivity contribution < 1.29 is 14.5 Å². The van der Waals surface area contributed by atoms with E-state index in [1.54, 1.807) is 17.0 Å². The van der Waals surface area contributed by atoms with E-state index in [1.807, 2.05) is 6.92 Å². The van der Waals surface area contributed by atoms with E-state index in [9.17, 15) is 14.9 Å². The maximum Gasteiger partial charge on any atom is 0.409 e. The third-order valence-electron chi connectivity index (χ3n) is 5.87. The van der Waals surface area contributed by atoms with Gasteiger partial charge in [0.25, 0.3) is 5.69 Å². The lowest BCUT2D eigenvalue weighted by Gasteiger charge is -2.33. The van der Waals surface area contributed by atoms with Gasteiger partial charge in [-0.25, -0.2) is 9.79 Å². The van der Waals surface area contributed by atoms with Crippen molar-refractivity contribution in [2.24, 2.45) is 4.99 Å². The topological polar surface area (TPSA) is 109 Å². The molecule has 1 amide bonds. The summed E-state index contributed by atoms with van der Waals surface area (Å²) >= 11 is 0. The molecule has 178 valence electrons. The van der Waals surface area contributed by atoms with Gasteiger partial charge in [-0.2, -0.15) is 0 Å². The second kappa shape index (κ2) is 13.4. The molecule has 10 heteroatoms. The number of halogens is 1. The lowest BCUT2D eigenvalue weighted by Crippen LogP contribution is -2.52. The monoisotopic (exact) mass is 559 g/mol. The Labute approximate surface area is 206 Å². The molecule has 32 heavy (non-hydrogen) atoms. The van der Waals surface area contributed by atoms with E-state index in [0.29, 0.717) is 32.3 Å². The van der Waals surface area contributed by atoms with E-state index in [0.717, 1.165) is 37.2 Å². The zero-order chi connectivity index (χ0) is 22.1. The molecule has 0 atom stereocenters. The van der Waals surface area contributed by atoms with Crippen LogP contribution in [0.5, 0.6) is 0 Å². The predicted molar refractivity (Wildman–Crippen MR) is 134 cm³/mol. The van der Waals surface area contributed by atoms with Crippen LogP contribution in [0.4, 0.5) is 10.5 Å². The Hall–Kier alpha value is -2.11. The molecule has 1 aromatic rings. The Kier molecular flexibility index (Phi) is 11.0. The molecule has 1 aliphatic heterocycles. The van der Waals surface area contributed by atoms with Crippen molar-refractivity contribution in [2.75, 3.05) is 19.7 Å². The number of likely N-dealkylation sites (tertiary alicyclic amines) is 1. The molecule has 1 aliphatic carbocycles. The highest BCUT2D eigenvalue weighted by Crippen LogP contribution is 2.18. The van der Waals surface area contributed by atoms with Gasteiger partial charge in [-0.3, -0.25) is 10.1 Å². The number of amides is 1. The van der Waals surface area contributed by atoms with E-state index in [4.69, 9.17) is 9.73 Å². The fourth-order valence-electron chi connectivity index (χ4n) is 4.08. The Morgan fingerprint density at radius 1 is 1.09 bits per heavy atom. The molecule has 0 radical (unpaired) electrons. The van der Waals surface area contributed by atoms with Crippen molar-refractivity contribution >= 4 is 41.7 Å². The number of nitrogens with zero attached hydrogens (tertiary/aromatic N) is 3. The lowest BCUT2D eigenvalue weighted by molar-refractivity contribution is -0.384. The molecule has 0 unspecified atom stereocenters. The molecule has 0 spiro atoms. The van der Waals surface area contributed by atoms with Gasteiger partial charge in [-0.05, 0) is 38.2 Å². The second-order valence-corrected chi connectivity index (χ2v) is 8.17. The number of rotatable bonds is 6. The molecule has 1 heterocycles. The molecule has 2 aliphatic rings. The number of ether oxygens (including phenoxy) is 1. The van der Waals surface area contributed by atoms with Crippen LogP contribution in [-0.2, 0) is 11.3 Å². The molecule has 2 fully saturated rings. The van der Waals surface area contributed by atoms with Crippen LogP contribution < -0.4 is 10.6 Å². The zero-order valence-electron chi connectivity index (χ0n) is 18.6. The fourth-order valence-corrected chi connectivity index (χ4v) is 4.08. The molecular weight excluding hydrogens is 525 g/mol. The summed E-state index contributed by atoms with van der Waals surface area (Å²) in [6.45, 7) is 3.98. The number of aliphatic imine (C=N–C) groups is 1. The van der Waals surface area contributed by atoms with Crippen molar-refractivity contribution in [3.05, 3.63) is 39.9 Å². The van der Waals surface area contributed by atoms with Gasteiger partial charge in [0.1, 0.15) is 0 Å². The largest absolute Gasteiger partial charge is 0.450 e. The van der Waals surface area contributed by atoms with Gasteiger partial charge in [0, 0.05) is 37.3 Å². The maximum atomic E-state index is 11.9. The minimum absolute atomic E-state index is 0. The minimum atomic E-state index is -0.396. The third kappa shape index (κ3) is 8.10. The summed E-state index contributed by atoms with van der Waals surface area (Å²) in [5.41, 5.74) is 1.01. The van der Waals surface area contributed by atoms with Crippen molar-refractivity contribution in [1.82, 2.24) is 15.5 Å². The number of carbonyl (C=O) groups is 1. The first-order valence-corrected chi connectivity index (χ1v) is 11.3. The van der Waals surface area contributed by atoms with Gasteiger partial charge in [-0.15, -0.1) is 24.0 Å². The number of piperidine rings is 1. The van der Waals surface area contributed by atoms with Crippen LogP contribution in [-0.4, -0.2) is 53.7 Å². The Morgan fingerprint density at radius 3 is 2.25 bits per heavy atom.